The van der Waals surface area contributed by atoms with Crippen LogP contribution in [0.3, 0.4) is 0 Å². The molecule has 1 saturated carbocycles. The standard InChI is InChI=1S/C19H30N4O3/c1-20-19(21-14-16(24)15-6-3-2-4-7-15)23-11-9-22(10-12-23)18(25)17-8-5-13-26-17/h5,8,13,15-16,24H,2-4,6-7,9-12,14H2,1H3,(H,20,21). The van der Waals surface area contributed by atoms with Crippen molar-refractivity contribution in [3.63, 3.8) is 0 Å². The molecule has 0 radical (unpaired) electrons. The third-order valence-electron chi connectivity index (χ3n) is 5.47. The van der Waals surface area contributed by atoms with E-state index in [-0.39, 0.29) is 12.0 Å². The quantitative estimate of drug-likeness (QED) is 0.627. The van der Waals surface area contributed by atoms with E-state index in [0.29, 0.717) is 44.4 Å². The predicted octanol–water partition coefficient (Wildman–Crippen LogP) is 1.55. The molecule has 7 nitrogen and oxygen atoms in total. The van der Waals surface area contributed by atoms with E-state index in [1.54, 1.807) is 24.1 Å². The number of furan rings is 1. The number of hydrogen-bond donors (Lipinski definition) is 2. The lowest BCUT2D eigenvalue weighted by Gasteiger charge is -2.36. The lowest BCUT2D eigenvalue weighted by Crippen LogP contribution is -2.54. The number of hydrogen-bond acceptors (Lipinski definition) is 4. The number of nitrogens with zero attached hydrogens (tertiary/aromatic N) is 3. The van der Waals surface area contributed by atoms with Crippen LogP contribution in [0.5, 0.6) is 0 Å². The van der Waals surface area contributed by atoms with Gasteiger partial charge in [0.25, 0.3) is 5.91 Å². The predicted molar refractivity (Wildman–Crippen MR) is 100 cm³/mol. The minimum atomic E-state index is -0.325. The zero-order valence-electron chi connectivity index (χ0n) is 15.6. The second kappa shape index (κ2) is 9.07. The Kier molecular flexibility index (Phi) is 6.55. The number of aliphatic imine (C=N–C) groups is 1. The van der Waals surface area contributed by atoms with E-state index in [4.69, 9.17) is 4.42 Å². The van der Waals surface area contributed by atoms with Gasteiger partial charge in [-0.05, 0) is 30.9 Å². The van der Waals surface area contributed by atoms with Crippen LogP contribution in [0.2, 0.25) is 0 Å². The molecule has 1 aromatic heterocycles. The fourth-order valence-electron chi connectivity index (χ4n) is 3.89. The lowest BCUT2D eigenvalue weighted by molar-refractivity contribution is 0.0654. The molecule has 2 aliphatic rings. The van der Waals surface area contributed by atoms with Crippen molar-refractivity contribution in [1.29, 1.82) is 0 Å². The van der Waals surface area contributed by atoms with E-state index in [1.165, 1.54) is 25.5 Å². The number of aliphatic hydroxyl groups excluding tert-OH is 1. The molecule has 0 spiro atoms. The fraction of sp³-hybridized carbons (Fsp3) is 0.684. The smallest absolute Gasteiger partial charge is 0.289 e. The van der Waals surface area contributed by atoms with Gasteiger partial charge in [0.15, 0.2) is 11.7 Å². The first kappa shape index (κ1) is 18.8. The van der Waals surface area contributed by atoms with Gasteiger partial charge in [0, 0.05) is 39.8 Å². The topological polar surface area (TPSA) is 81.3 Å². The van der Waals surface area contributed by atoms with Gasteiger partial charge in [-0.2, -0.15) is 0 Å². The van der Waals surface area contributed by atoms with Gasteiger partial charge < -0.3 is 24.6 Å². The Morgan fingerprint density at radius 1 is 1.27 bits per heavy atom. The number of carbonyl (C=O) groups excluding carboxylic acids is 1. The average Bonchev–Trinajstić information content (AvgIpc) is 3.24. The van der Waals surface area contributed by atoms with Crippen LogP contribution < -0.4 is 5.32 Å². The highest BCUT2D eigenvalue weighted by Crippen LogP contribution is 2.26. The van der Waals surface area contributed by atoms with Crippen LogP contribution in [0.25, 0.3) is 0 Å². The summed E-state index contributed by atoms with van der Waals surface area (Å²) >= 11 is 0. The molecule has 26 heavy (non-hydrogen) atoms. The van der Waals surface area contributed by atoms with E-state index in [1.807, 2.05) is 0 Å². The van der Waals surface area contributed by atoms with Crippen molar-refractivity contribution < 1.29 is 14.3 Å². The first-order valence-electron chi connectivity index (χ1n) is 9.65. The van der Waals surface area contributed by atoms with Crippen LogP contribution in [0, 0.1) is 5.92 Å². The maximum absolute atomic E-state index is 12.3. The summed E-state index contributed by atoms with van der Waals surface area (Å²) < 4.78 is 5.20. The summed E-state index contributed by atoms with van der Waals surface area (Å²) in [5.41, 5.74) is 0. The molecule has 1 aromatic rings. The van der Waals surface area contributed by atoms with Crippen LogP contribution >= 0.6 is 0 Å². The Balaban J connectivity index is 1.45. The third kappa shape index (κ3) is 4.58. The largest absolute Gasteiger partial charge is 0.459 e. The van der Waals surface area contributed by atoms with E-state index >= 15 is 0 Å². The molecule has 2 N–H and O–H groups in total. The van der Waals surface area contributed by atoms with Crippen molar-refractivity contribution in [2.45, 2.75) is 38.2 Å². The molecule has 2 heterocycles. The highest BCUT2D eigenvalue weighted by atomic mass is 16.3. The molecule has 2 fully saturated rings. The number of aliphatic hydroxyl groups is 1. The van der Waals surface area contributed by atoms with E-state index < -0.39 is 0 Å². The summed E-state index contributed by atoms with van der Waals surface area (Å²) in [5.74, 6) is 1.52. The van der Waals surface area contributed by atoms with Crippen molar-refractivity contribution in [2.75, 3.05) is 39.8 Å². The second-order valence-electron chi connectivity index (χ2n) is 7.15. The molecule has 0 aromatic carbocycles. The number of rotatable bonds is 4. The van der Waals surface area contributed by atoms with Gasteiger partial charge in [-0.15, -0.1) is 0 Å². The molecule has 1 aliphatic carbocycles. The monoisotopic (exact) mass is 362 g/mol. The molecule has 1 saturated heterocycles. The molecular formula is C19H30N4O3. The summed E-state index contributed by atoms with van der Waals surface area (Å²) in [7, 11) is 1.76. The second-order valence-corrected chi connectivity index (χ2v) is 7.15. The molecule has 0 bridgehead atoms. The molecular weight excluding hydrogens is 332 g/mol. The van der Waals surface area contributed by atoms with Gasteiger partial charge in [0.2, 0.25) is 0 Å². The van der Waals surface area contributed by atoms with Crippen LogP contribution in [-0.2, 0) is 0 Å². The summed E-state index contributed by atoms with van der Waals surface area (Å²) in [6.45, 7) is 3.22. The van der Waals surface area contributed by atoms with Crippen LogP contribution in [-0.4, -0.2) is 72.6 Å². The third-order valence-corrected chi connectivity index (χ3v) is 5.47. The SMILES string of the molecule is CN=C(NCC(O)C1CCCCC1)N1CCN(C(=O)c2ccco2)CC1. The Morgan fingerprint density at radius 3 is 2.58 bits per heavy atom. The molecule has 1 unspecified atom stereocenters. The Morgan fingerprint density at radius 2 is 1.96 bits per heavy atom. The van der Waals surface area contributed by atoms with Gasteiger partial charge in [-0.25, -0.2) is 0 Å². The van der Waals surface area contributed by atoms with Crippen molar-refractivity contribution in [2.24, 2.45) is 10.9 Å². The minimum Gasteiger partial charge on any atom is -0.459 e. The highest BCUT2D eigenvalue weighted by Gasteiger charge is 2.26. The van der Waals surface area contributed by atoms with E-state index in [2.05, 4.69) is 15.2 Å². The van der Waals surface area contributed by atoms with Gasteiger partial charge in [0.05, 0.1) is 12.4 Å². The Labute approximate surface area is 155 Å². The van der Waals surface area contributed by atoms with Gasteiger partial charge >= 0.3 is 0 Å². The first-order chi connectivity index (χ1) is 12.7. The first-order valence-corrected chi connectivity index (χ1v) is 9.65. The average molecular weight is 362 g/mol. The Hall–Kier alpha value is -2.02. The zero-order valence-corrected chi connectivity index (χ0v) is 15.6. The minimum absolute atomic E-state index is 0.0645. The number of piperazine rings is 1. The maximum atomic E-state index is 12.3. The molecule has 1 aliphatic heterocycles. The van der Waals surface area contributed by atoms with Crippen LogP contribution in [0.1, 0.15) is 42.7 Å². The number of amides is 1. The number of carbonyl (C=O) groups is 1. The van der Waals surface area contributed by atoms with E-state index in [9.17, 15) is 9.90 Å². The van der Waals surface area contributed by atoms with Gasteiger partial charge in [-0.1, -0.05) is 19.3 Å². The molecule has 144 valence electrons. The fourth-order valence-corrected chi connectivity index (χ4v) is 3.89. The molecule has 3 rings (SSSR count). The van der Waals surface area contributed by atoms with Gasteiger partial charge in [0.1, 0.15) is 0 Å². The summed E-state index contributed by atoms with van der Waals surface area (Å²) in [5, 5.41) is 13.7. The zero-order chi connectivity index (χ0) is 18.4. The highest BCUT2D eigenvalue weighted by molar-refractivity contribution is 5.91. The molecule has 1 amide bonds. The summed E-state index contributed by atoms with van der Waals surface area (Å²) in [4.78, 5) is 20.6. The van der Waals surface area contributed by atoms with Crippen molar-refractivity contribution in [1.82, 2.24) is 15.1 Å². The van der Waals surface area contributed by atoms with Crippen molar-refractivity contribution in [3.05, 3.63) is 24.2 Å². The Bertz CT molecular complexity index is 588. The number of guanidine groups is 1. The molecule has 7 heteroatoms. The lowest BCUT2D eigenvalue weighted by atomic mass is 9.85. The van der Waals surface area contributed by atoms with Crippen LogP contribution in [0.4, 0.5) is 0 Å². The molecule has 1 atom stereocenters. The van der Waals surface area contributed by atoms with E-state index in [0.717, 1.165) is 18.8 Å². The van der Waals surface area contributed by atoms with Crippen molar-refractivity contribution in [3.8, 4) is 0 Å². The maximum Gasteiger partial charge on any atom is 0.289 e. The van der Waals surface area contributed by atoms with Crippen LogP contribution in [0.15, 0.2) is 27.8 Å². The summed E-state index contributed by atoms with van der Waals surface area (Å²) in [6, 6.07) is 3.43. The van der Waals surface area contributed by atoms with Gasteiger partial charge in [-0.3, -0.25) is 9.79 Å². The van der Waals surface area contributed by atoms with Crippen molar-refractivity contribution >= 4 is 11.9 Å². The number of nitrogens with one attached hydrogen (secondary N) is 1. The normalized spacial score (nSPS) is 20.9. The summed E-state index contributed by atoms with van der Waals surface area (Å²) in [6.07, 6.45) is 7.18.